The largest absolute Gasteiger partial charge is 0.363 e. The maximum absolute atomic E-state index is 5.33. The Labute approximate surface area is 60.7 Å². The molecule has 0 amide bonds. The number of ether oxygens (including phenoxy) is 1. The van der Waals surface area contributed by atoms with Gasteiger partial charge < -0.3 is 4.74 Å². The minimum atomic E-state index is 0.245. The van der Waals surface area contributed by atoms with Crippen molar-refractivity contribution in [2.75, 3.05) is 0 Å². The van der Waals surface area contributed by atoms with Gasteiger partial charge >= 0.3 is 0 Å². The topological polar surface area (TPSA) is 9.23 Å². The van der Waals surface area contributed by atoms with Crippen LogP contribution in [0.25, 0.3) is 0 Å². The zero-order valence-corrected chi connectivity index (χ0v) is 5.60. The molecule has 1 heteroatoms. The molecule has 0 spiro atoms. The van der Waals surface area contributed by atoms with Gasteiger partial charge in [-0.15, -0.1) is 0 Å². The van der Waals surface area contributed by atoms with Crippen molar-refractivity contribution in [2.24, 2.45) is 5.92 Å². The van der Waals surface area contributed by atoms with E-state index in [0.29, 0.717) is 5.92 Å². The molecule has 2 rings (SSSR count). The first kappa shape index (κ1) is 5.93. The second-order valence-corrected chi connectivity index (χ2v) is 2.47. The Morgan fingerprint density at radius 3 is 2.60 bits per heavy atom. The zero-order valence-electron chi connectivity index (χ0n) is 5.60. The van der Waals surface area contributed by atoms with Crippen LogP contribution in [0.4, 0.5) is 0 Å². The number of allylic oxidation sites excluding steroid dienone is 2. The lowest BCUT2D eigenvalue weighted by Gasteiger charge is -2.23. The van der Waals surface area contributed by atoms with Crippen LogP contribution >= 0.6 is 0 Å². The van der Waals surface area contributed by atoms with Gasteiger partial charge in [0.25, 0.3) is 0 Å². The van der Waals surface area contributed by atoms with Crippen LogP contribution in [0.3, 0.4) is 0 Å². The predicted molar refractivity (Wildman–Crippen MR) is 40.1 cm³/mol. The van der Waals surface area contributed by atoms with E-state index in [9.17, 15) is 0 Å². The third kappa shape index (κ3) is 0.929. The number of hydrogen-bond donors (Lipinski definition) is 0. The minimum Gasteiger partial charge on any atom is -0.363 e. The van der Waals surface area contributed by atoms with E-state index in [4.69, 9.17) is 4.74 Å². The fraction of sp³-hybridized carbons (Fsp3) is 0.222. The Bertz CT molecular complexity index is 201. The van der Waals surface area contributed by atoms with Gasteiger partial charge in [-0.25, -0.2) is 0 Å². The molecular weight excluding hydrogens is 124 g/mol. The highest BCUT2D eigenvalue weighted by Gasteiger charge is 2.18. The summed E-state index contributed by atoms with van der Waals surface area (Å²) in [6.45, 7) is 1.74. The molecule has 0 aromatic rings. The standard InChI is InChI=1S/C9H9O/c1-2-6-9-8(4-1)5-3-7-10-9/h1-9H. The molecule has 1 aliphatic heterocycles. The molecule has 0 N–H and O–H groups in total. The van der Waals surface area contributed by atoms with E-state index in [2.05, 4.69) is 24.3 Å². The van der Waals surface area contributed by atoms with Crippen LogP contribution in [0, 0.1) is 12.5 Å². The van der Waals surface area contributed by atoms with Crippen molar-refractivity contribution in [2.45, 2.75) is 6.10 Å². The molecule has 51 valence electrons. The lowest BCUT2D eigenvalue weighted by Crippen LogP contribution is -2.21. The van der Waals surface area contributed by atoms with Gasteiger partial charge in [0.1, 0.15) is 6.61 Å². The number of rotatable bonds is 0. The van der Waals surface area contributed by atoms with E-state index in [1.165, 1.54) is 0 Å². The Kier molecular flexibility index (Phi) is 1.44. The first-order valence-corrected chi connectivity index (χ1v) is 3.47. The van der Waals surface area contributed by atoms with Gasteiger partial charge in [0.2, 0.25) is 0 Å². The van der Waals surface area contributed by atoms with Gasteiger partial charge in [-0.3, -0.25) is 0 Å². The van der Waals surface area contributed by atoms with Gasteiger partial charge in [-0.1, -0.05) is 36.5 Å². The second-order valence-electron chi connectivity index (χ2n) is 2.47. The highest BCUT2D eigenvalue weighted by atomic mass is 16.5. The summed E-state index contributed by atoms with van der Waals surface area (Å²) in [6.07, 6.45) is 12.6. The second kappa shape index (κ2) is 2.43. The maximum atomic E-state index is 5.33. The molecule has 10 heavy (non-hydrogen) atoms. The highest BCUT2D eigenvalue weighted by Crippen LogP contribution is 2.21. The Balaban J connectivity index is 2.21. The monoisotopic (exact) mass is 133 g/mol. The normalized spacial score (nSPS) is 36.0. The number of fused-ring (bicyclic) bond motifs is 1. The first-order chi connectivity index (χ1) is 4.97. The van der Waals surface area contributed by atoms with Crippen LogP contribution in [0.5, 0.6) is 0 Å². The van der Waals surface area contributed by atoms with E-state index < -0.39 is 0 Å². The van der Waals surface area contributed by atoms with Gasteiger partial charge in [-0.05, 0) is 0 Å². The fourth-order valence-corrected chi connectivity index (χ4v) is 1.22. The molecule has 0 bridgehead atoms. The molecule has 0 aromatic carbocycles. The average Bonchev–Trinajstić information content (AvgIpc) is 2.05. The molecule has 2 atom stereocenters. The van der Waals surface area contributed by atoms with Crippen LogP contribution in [-0.2, 0) is 4.74 Å². The van der Waals surface area contributed by atoms with Gasteiger partial charge in [-0.2, -0.15) is 0 Å². The molecular formula is C9H9O. The molecule has 2 aliphatic rings. The Morgan fingerprint density at radius 2 is 1.70 bits per heavy atom. The lowest BCUT2D eigenvalue weighted by molar-refractivity contribution is 0.125. The predicted octanol–water partition coefficient (Wildman–Crippen LogP) is 1.85. The molecule has 0 fully saturated rings. The SMILES string of the molecule is [CH]1C=CC2C=CC=CC2O1. The summed E-state index contributed by atoms with van der Waals surface area (Å²) in [5.41, 5.74) is 0. The summed E-state index contributed by atoms with van der Waals surface area (Å²) in [7, 11) is 0. The fourth-order valence-electron chi connectivity index (χ4n) is 1.22. The van der Waals surface area contributed by atoms with E-state index in [1.807, 2.05) is 12.2 Å². The quantitative estimate of drug-likeness (QED) is 0.490. The van der Waals surface area contributed by atoms with Gasteiger partial charge in [0.05, 0.1) is 6.10 Å². The summed E-state index contributed by atoms with van der Waals surface area (Å²) >= 11 is 0. The minimum absolute atomic E-state index is 0.245. The van der Waals surface area contributed by atoms with Crippen molar-refractivity contribution in [1.29, 1.82) is 0 Å². The molecule has 1 nitrogen and oxygen atoms in total. The molecule has 1 aliphatic carbocycles. The summed E-state index contributed by atoms with van der Waals surface area (Å²) in [5, 5.41) is 0. The van der Waals surface area contributed by atoms with Crippen molar-refractivity contribution in [3.05, 3.63) is 43.1 Å². The number of hydrogen-bond acceptors (Lipinski definition) is 1. The third-order valence-electron chi connectivity index (χ3n) is 1.77. The van der Waals surface area contributed by atoms with E-state index in [-0.39, 0.29) is 6.10 Å². The summed E-state index contributed by atoms with van der Waals surface area (Å²) in [4.78, 5) is 0. The van der Waals surface area contributed by atoms with Crippen molar-refractivity contribution in [1.82, 2.24) is 0 Å². The lowest BCUT2D eigenvalue weighted by atomic mass is 9.96. The summed E-state index contributed by atoms with van der Waals surface area (Å²) in [5.74, 6) is 0.454. The Hall–Kier alpha value is -0.820. The van der Waals surface area contributed by atoms with Crippen LogP contribution < -0.4 is 0 Å². The smallest absolute Gasteiger partial charge is 0.106 e. The molecule has 1 radical (unpaired) electrons. The maximum Gasteiger partial charge on any atom is 0.106 e. The molecule has 0 aromatic heterocycles. The van der Waals surface area contributed by atoms with Crippen molar-refractivity contribution < 1.29 is 4.74 Å². The molecule has 0 saturated carbocycles. The summed E-state index contributed by atoms with van der Waals surface area (Å²) in [6, 6.07) is 0. The van der Waals surface area contributed by atoms with Crippen LogP contribution in [0.1, 0.15) is 0 Å². The van der Waals surface area contributed by atoms with E-state index in [1.54, 1.807) is 6.61 Å². The van der Waals surface area contributed by atoms with E-state index >= 15 is 0 Å². The van der Waals surface area contributed by atoms with Crippen molar-refractivity contribution >= 4 is 0 Å². The molecule has 1 heterocycles. The average molecular weight is 133 g/mol. The highest BCUT2D eigenvalue weighted by molar-refractivity contribution is 5.22. The van der Waals surface area contributed by atoms with Crippen molar-refractivity contribution in [3.63, 3.8) is 0 Å². The van der Waals surface area contributed by atoms with Gasteiger partial charge in [0, 0.05) is 5.92 Å². The molecule has 0 saturated heterocycles. The third-order valence-corrected chi connectivity index (χ3v) is 1.77. The van der Waals surface area contributed by atoms with Crippen molar-refractivity contribution in [3.8, 4) is 0 Å². The zero-order chi connectivity index (χ0) is 6.81. The van der Waals surface area contributed by atoms with Crippen LogP contribution in [-0.4, -0.2) is 6.10 Å². The van der Waals surface area contributed by atoms with Gasteiger partial charge in [0.15, 0.2) is 0 Å². The van der Waals surface area contributed by atoms with Crippen LogP contribution in [0.15, 0.2) is 36.5 Å². The Morgan fingerprint density at radius 1 is 0.900 bits per heavy atom. The molecule has 2 unspecified atom stereocenters. The first-order valence-electron chi connectivity index (χ1n) is 3.47. The summed E-state index contributed by atoms with van der Waals surface area (Å²) < 4.78 is 5.33. The van der Waals surface area contributed by atoms with E-state index in [0.717, 1.165) is 0 Å². The van der Waals surface area contributed by atoms with Crippen LogP contribution in [0.2, 0.25) is 0 Å².